The van der Waals surface area contributed by atoms with E-state index in [1.54, 1.807) is 0 Å². The lowest BCUT2D eigenvalue weighted by Crippen LogP contribution is -2.20. The summed E-state index contributed by atoms with van der Waals surface area (Å²) in [4.78, 5) is 0.684. The molecule has 298 valence electrons. The lowest BCUT2D eigenvalue weighted by molar-refractivity contribution is 0.661. The zero-order chi connectivity index (χ0) is 69.7. The van der Waals surface area contributed by atoms with Crippen LogP contribution >= 0.6 is 11.3 Å². The molecule has 0 saturated carbocycles. The van der Waals surface area contributed by atoms with Crippen LogP contribution in [0.5, 0.6) is 0 Å². The first-order valence-corrected chi connectivity index (χ1v) is 20.0. The second-order valence-corrected chi connectivity index (χ2v) is 15.3. The van der Waals surface area contributed by atoms with Crippen LogP contribution in [0.4, 0.5) is 17.1 Å². The van der Waals surface area contributed by atoms with Crippen molar-refractivity contribution >= 4 is 59.3 Å². The molecule has 0 unspecified atom stereocenters. The van der Waals surface area contributed by atoms with E-state index < -0.39 is 242 Å². The van der Waals surface area contributed by atoms with Gasteiger partial charge in [0.1, 0.15) is 0 Å². The van der Waals surface area contributed by atoms with E-state index in [9.17, 15) is 26.0 Å². The molecule has 10 aromatic carbocycles. The van der Waals surface area contributed by atoms with Crippen molar-refractivity contribution < 1.29 is 43.9 Å². The monoisotopic (exact) mass is 854 g/mol. The smallest absolute Gasteiger partial charge is 0.0651 e. The SMILES string of the molecule is [2H]c1cc(N(c2cc(-c3cc([2H])c([2H])c([2H])c3[2H])c([2H])c(-c3cccc([2H])c3[2H])c2[2H])c2c([2H])c([2H])c([2H])c3c2C(C([2H])([2H])[2H])(C([2H])([2H])[2H])c2ccc([2H])c([2H])c2-3)c([2H])cc1-c1c([2H])c([2H])c2c([2H])c([2H])c([2H])c([2H])c2c1-c1cc([2H])c2c(sc3c([2H])cc([2H])c([2H])c32)c1[2H]. The summed E-state index contributed by atoms with van der Waals surface area (Å²) in [6.07, 6.45) is 0. The van der Waals surface area contributed by atoms with Gasteiger partial charge in [-0.05, 0) is 126 Å². The van der Waals surface area contributed by atoms with Crippen molar-refractivity contribution in [2.75, 3.05) is 4.90 Å². The maximum Gasteiger partial charge on any atom is 0.0651 e. The number of fused-ring (bicyclic) bond motifs is 7. The highest BCUT2D eigenvalue weighted by Gasteiger charge is 2.38. The molecule has 0 radical (unpaired) electrons. The Morgan fingerprint density at radius 1 is 0.460 bits per heavy atom. The van der Waals surface area contributed by atoms with Crippen LogP contribution < -0.4 is 4.90 Å². The van der Waals surface area contributed by atoms with Crippen LogP contribution in [0.25, 0.3) is 86.6 Å². The summed E-state index contributed by atoms with van der Waals surface area (Å²) in [7, 11) is 0. The fraction of sp³-hybridized carbons (Fsp3) is 0.0492. The van der Waals surface area contributed by atoms with Crippen molar-refractivity contribution in [2.45, 2.75) is 19.1 Å². The summed E-state index contributed by atoms with van der Waals surface area (Å²) in [5.74, 6) is 0. The molecule has 0 aliphatic heterocycles. The molecular formula is C61H43NS. The Morgan fingerprint density at radius 3 is 2.25 bits per heavy atom. The third-order valence-electron chi connectivity index (χ3n) is 10.7. The van der Waals surface area contributed by atoms with E-state index in [0.29, 0.717) is 4.90 Å². The molecule has 11 aromatic rings. The fourth-order valence-electron chi connectivity index (χ4n) is 7.90. The molecular weight excluding hydrogens is 779 g/mol. The number of benzene rings is 10. The predicted octanol–water partition coefficient (Wildman–Crippen LogP) is 17.7. The van der Waals surface area contributed by atoms with E-state index in [2.05, 4.69) is 0 Å². The molecule has 1 aliphatic carbocycles. The molecule has 1 heterocycles. The van der Waals surface area contributed by atoms with E-state index in [4.69, 9.17) is 17.8 Å². The molecule has 0 bridgehead atoms. The first-order valence-electron chi connectivity index (χ1n) is 35.2. The summed E-state index contributed by atoms with van der Waals surface area (Å²) in [6, 6.07) is -8.16. The van der Waals surface area contributed by atoms with Gasteiger partial charge in [-0.25, -0.2) is 0 Å². The van der Waals surface area contributed by atoms with E-state index in [0.717, 1.165) is 59.9 Å². The van der Waals surface area contributed by atoms with Crippen LogP contribution in [-0.4, -0.2) is 0 Å². The van der Waals surface area contributed by atoms with Crippen molar-refractivity contribution in [1.82, 2.24) is 0 Å². The summed E-state index contributed by atoms with van der Waals surface area (Å²) >= 11 is 0.791. The first kappa shape index (κ1) is 17.0. The van der Waals surface area contributed by atoms with Crippen LogP contribution in [0.1, 0.15) is 68.7 Å². The summed E-state index contributed by atoms with van der Waals surface area (Å²) < 4.78 is 297. The van der Waals surface area contributed by atoms with Gasteiger partial charge in [0.25, 0.3) is 0 Å². The minimum atomic E-state index is -3.86. The van der Waals surface area contributed by atoms with Crippen molar-refractivity contribution in [3.05, 3.63) is 235 Å². The van der Waals surface area contributed by atoms with Gasteiger partial charge < -0.3 is 4.90 Å². The maximum absolute atomic E-state index is 10.3. The van der Waals surface area contributed by atoms with Crippen LogP contribution in [0.2, 0.25) is 0 Å². The molecule has 0 spiro atoms. The lowest BCUT2D eigenvalue weighted by Gasteiger charge is -2.33. The van der Waals surface area contributed by atoms with Crippen molar-refractivity contribution in [3.63, 3.8) is 0 Å². The van der Waals surface area contributed by atoms with E-state index >= 15 is 0 Å². The van der Waals surface area contributed by atoms with Crippen LogP contribution in [0, 0.1) is 0 Å². The minimum absolute atomic E-state index is 0.0168. The Hall–Kier alpha value is -7.52. The highest BCUT2D eigenvalue weighted by Crippen LogP contribution is 2.55. The topological polar surface area (TPSA) is 3.24 Å². The standard InChI is InChI=1S/C61H43NS/c1-61(2)55-25-13-11-22-51(55)54-24-15-26-56(60(54)61)62(48-37-45(40-16-5-3-6-17-40)36-46(38-48)41-18-7-4-8-19-41)47-32-28-43(29-33-47)50-34-30-42-20-9-10-21-49(42)59(50)44-31-35-53-52-23-12-14-27-57(52)63-58(53)39-44/h3-39H,1-2H3/i1D3,2D3,3D,5D,6D,7D,9D,10D,11D,12D,15D,16D,18D,20D,21D,22D,23D,24D,26D,27D,28D,30D,33D,34D,35D,36D,38D,39D. The zero-order valence-electron chi connectivity index (χ0n) is 64.2. The molecule has 0 saturated heterocycles. The molecule has 1 aromatic heterocycles. The van der Waals surface area contributed by atoms with Crippen molar-refractivity contribution in [1.29, 1.82) is 0 Å². The van der Waals surface area contributed by atoms with E-state index in [1.165, 1.54) is 18.2 Å². The van der Waals surface area contributed by atoms with Gasteiger partial charge >= 0.3 is 0 Å². The highest BCUT2D eigenvalue weighted by atomic mass is 32.1. The molecule has 0 fully saturated rings. The number of anilines is 3. The third kappa shape index (κ3) is 6.21. The second kappa shape index (κ2) is 14.8. The van der Waals surface area contributed by atoms with Gasteiger partial charge in [0.15, 0.2) is 0 Å². The second-order valence-electron chi connectivity index (χ2n) is 14.3. The first-order chi connectivity index (χ1) is 44.3. The highest BCUT2D eigenvalue weighted by molar-refractivity contribution is 7.25. The average molecular weight is 854 g/mol. The molecule has 0 atom stereocenters. The molecule has 1 aliphatic rings. The molecule has 0 amide bonds. The Morgan fingerprint density at radius 2 is 1.29 bits per heavy atom. The normalized spacial score (nSPS) is 20.3. The van der Waals surface area contributed by atoms with Crippen LogP contribution in [-0.2, 0) is 5.41 Å². The van der Waals surface area contributed by atoms with Gasteiger partial charge in [0.05, 0.1) is 41.3 Å². The summed E-state index contributed by atoms with van der Waals surface area (Å²) in [5, 5.41) is -1.14. The maximum atomic E-state index is 10.3. The molecule has 63 heavy (non-hydrogen) atoms. The van der Waals surface area contributed by atoms with Gasteiger partial charge in [0.2, 0.25) is 0 Å². The van der Waals surface area contributed by atoms with E-state index in [1.807, 2.05) is 0 Å². The van der Waals surface area contributed by atoms with Crippen molar-refractivity contribution in [3.8, 4) is 55.6 Å². The molecule has 2 heteroatoms. The Labute approximate surface area is 417 Å². The largest absolute Gasteiger partial charge is 0.310 e. The molecule has 0 N–H and O–H groups in total. The third-order valence-corrected chi connectivity index (χ3v) is 11.7. The van der Waals surface area contributed by atoms with Gasteiger partial charge in [-0.2, -0.15) is 0 Å². The fourth-order valence-corrected chi connectivity index (χ4v) is 8.90. The number of rotatable bonds is 7. The van der Waals surface area contributed by atoms with Crippen LogP contribution in [0.3, 0.4) is 0 Å². The van der Waals surface area contributed by atoms with Gasteiger partial charge in [-0.3, -0.25) is 0 Å². The summed E-state index contributed by atoms with van der Waals surface area (Å²) in [6.45, 7) is -7.71. The van der Waals surface area contributed by atoms with Crippen LogP contribution in [0.15, 0.2) is 224 Å². The quantitative estimate of drug-likeness (QED) is 0.154. The molecule has 1 nitrogen and oxygen atoms in total. The van der Waals surface area contributed by atoms with Gasteiger partial charge in [-0.15, -0.1) is 11.3 Å². The Kier molecular flexibility index (Phi) is 4.00. The lowest BCUT2D eigenvalue weighted by atomic mass is 9.81. The van der Waals surface area contributed by atoms with E-state index in [-0.39, 0.29) is 49.4 Å². The molecule has 12 rings (SSSR count). The number of hydrogen-bond donors (Lipinski definition) is 0. The number of thiophene rings is 1. The Balaban J connectivity index is 1.30. The van der Waals surface area contributed by atoms with Crippen molar-refractivity contribution in [2.24, 2.45) is 0 Å². The predicted molar refractivity (Wildman–Crippen MR) is 271 cm³/mol. The van der Waals surface area contributed by atoms with Gasteiger partial charge in [-0.1, -0.05) is 189 Å². The Bertz CT molecular complexity index is 5300. The minimum Gasteiger partial charge on any atom is -0.310 e. The number of nitrogens with zero attached hydrogens (tertiary/aromatic N) is 1. The van der Waals surface area contributed by atoms with Gasteiger partial charge in [0, 0.05) is 45.2 Å². The zero-order valence-corrected chi connectivity index (χ0v) is 33.0. The summed E-state index contributed by atoms with van der Waals surface area (Å²) in [5.41, 5.74) is -13.2. The number of hydrogen-bond acceptors (Lipinski definition) is 2. The average Bonchev–Trinajstić information content (AvgIpc) is 1.54.